The molecular formula is C47H50N8O10. The van der Waals surface area contributed by atoms with Crippen LogP contribution in [0.5, 0.6) is 0 Å². The molecule has 18 nitrogen and oxygen atoms in total. The molecule has 18 heteroatoms. The van der Waals surface area contributed by atoms with Crippen molar-refractivity contribution < 1.29 is 43.3 Å². The zero-order chi connectivity index (χ0) is 44.8. The number of amides is 4. The zero-order valence-corrected chi connectivity index (χ0v) is 35.6. The summed E-state index contributed by atoms with van der Waals surface area (Å²) in [4.78, 5) is 85.1. The molecule has 4 atom stereocenters. The SMILES string of the molecule is O=C(O)NC(C(=O)N1CCC[C@H]1c1ncc(-c2ccc3c(ccc4oc5cc(-c6cnc([C@@H]7CCCN7C(=O)C(NC(=O)O)C7CCOCC7)[nH]6)ccc5c(=O)c43)c2)[nH]1)C1CCOCC1. The van der Waals surface area contributed by atoms with Crippen molar-refractivity contribution in [3.63, 3.8) is 0 Å². The Morgan fingerprint density at radius 1 is 0.646 bits per heavy atom. The third kappa shape index (κ3) is 8.16. The van der Waals surface area contributed by atoms with Gasteiger partial charge in [-0.1, -0.05) is 24.3 Å². The second kappa shape index (κ2) is 17.6. The first-order chi connectivity index (χ1) is 31.6. The maximum atomic E-state index is 14.2. The Hall–Kier alpha value is -6.79. The molecule has 6 aromatic rings. The minimum atomic E-state index is -1.23. The molecule has 4 aliphatic heterocycles. The van der Waals surface area contributed by atoms with E-state index in [0.29, 0.717) is 117 Å². The minimum Gasteiger partial charge on any atom is -0.465 e. The van der Waals surface area contributed by atoms with Crippen LogP contribution < -0.4 is 16.1 Å². The molecular weight excluding hydrogens is 837 g/mol. The van der Waals surface area contributed by atoms with Gasteiger partial charge in [0.2, 0.25) is 17.2 Å². The maximum absolute atomic E-state index is 14.2. The Labute approximate surface area is 371 Å². The van der Waals surface area contributed by atoms with Crippen molar-refractivity contribution in [2.24, 2.45) is 11.8 Å². The summed E-state index contributed by atoms with van der Waals surface area (Å²) in [7, 11) is 0. The van der Waals surface area contributed by atoms with Crippen LogP contribution in [0.3, 0.4) is 0 Å². The molecule has 65 heavy (non-hydrogen) atoms. The number of hydrogen-bond donors (Lipinski definition) is 6. The highest BCUT2D eigenvalue weighted by Gasteiger charge is 2.41. The fraction of sp³-hybridized carbons (Fsp3) is 0.426. The van der Waals surface area contributed by atoms with Gasteiger partial charge in [0, 0.05) is 50.6 Å². The van der Waals surface area contributed by atoms with Gasteiger partial charge in [-0.25, -0.2) is 19.6 Å². The number of rotatable bonds is 10. The van der Waals surface area contributed by atoms with Gasteiger partial charge in [0.25, 0.3) is 0 Å². The van der Waals surface area contributed by atoms with E-state index < -0.39 is 24.3 Å². The molecule has 338 valence electrons. The van der Waals surface area contributed by atoms with Crippen LogP contribution in [0.25, 0.3) is 55.2 Å². The van der Waals surface area contributed by atoms with Crippen molar-refractivity contribution in [1.82, 2.24) is 40.4 Å². The zero-order valence-electron chi connectivity index (χ0n) is 35.6. The fourth-order valence-electron chi connectivity index (χ4n) is 10.4. The minimum absolute atomic E-state index is 0.146. The predicted octanol–water partition coefficient (Wildman–Crippen LogP) is 6.33. The summed E-state index contributed by atoms with van der Waals surface area (Å²) < 4.78 is 17.3. The Morgan fingerprint density at radius 2 is 1.15 bits per heavy atom. The van der Waals surface area contributed by atoms with Crippen LogP contribution in [-0.2, 0) is 19.1 Å². The lowest BCUT2D eigenvalue weighted by Crippen LogP contribution is -2.52. The summed E-state index contributed by atoms with van der Waals surface area (Å²) in [6, 6.07) is 12.5. The average Bonchev–Trinajstić information content (AvgIpc) is 4.17. The third-order valence-electron chi connectivity index (χ3n) is 13.7. The van der Waals surface area contributed by atoms with Crippen LogP contribution >= 0.6 is 0 Å². The third-order valence-corrected chi connectivity index (χ3v) is 13.7. The number of nitrogens with zero attached hydrogens (tertiary/aromatic N) is 4. The Balaban J connectivity index is 0.879. The van der Waals surface area contributed by atoms with Crippen molar-refractivity contribution in [3.8, 4) is 22.5 Å². The van der Waals surface area contributed by atoms with Crippen molar-refractivity contribution >= 4 is 56.7 Å². The summed E-state index contributed by atoms with van der Waals surface area (Å²) in [5, 5.41) is 26.6. The molecule has 7 heterocycles. The van der Waals surface area contributed by atoms with Gasteiger partial charge in [-0.05, 0) is 98.2 Å². The molecule has 0 saturated carbocycles. The lowest BCUT2D eigenvalue weighted by atomic mass is 9.90. The van der Waals surface area contributed by atoms with Crippen LogP contribution in [0.15, 0.2) is 70.1 Å². The van der Waals surface area contributed by atoms with E-state index in [2.05, 4.69) is 25.6 Å². The number of hydrogen-bond acceptors (Lipinski definition) is 10. The molecule has 4 amide bonds. The quantitative estimate of drug-likeness (QED) is 0.0653. The first kappa shape index (κ1) is 42.2. The molecule has 3 aromatic heterocycles. The molecule has 0 spiro atoms. The molecule has 0 bridgehead atoms. The largest absolute Gasteiger partial charge is 0.465 e. The molecule has 0 radical (unpaired) electrons. The van der Waals surface area contributed by atoms with Crippen LogP contribution in [0.4, 0.5) is 9.59 Å². The van der Waals surface area contributed by atoms with Crippen LogP contribution in [0.1, 0.15) is 75.1 Å². The van der Waals surface area contributed by atoms with Gasteiger partial charge in [-0.3, -0.25) is 14.4 Å². The molecule has 3 aromatic carbocycles. The highest BCUT2D eigenvalue weighted by molar-refractivity contribution is 6.09. The number of likely N-dealkylation sites (tertiary alicyclic amines) is 2. The molecule has 2 unspecified atom stereocenters. The molecule has 10 rings (SSSR count). The van der Waals surface area contributed by atoms with E-state index in [4.69, 9.17) is 18.9 Å². The first-order valence-electron chi connectivity index (χ1n) is 22.4. The number of carboxylic acid groups (broad SMARTS) is 2. The Kier molecular flexibility index (Phi) is 11.5. The van der Waals surface area contributed by atoms with Gasteiger partial charge in [-0.2, -0.15) is 0 Å². The Bertz CT molecular complexity index is 2860. The smallest absolute Gasteiger partial charge is 0.405 e. The Morgan fingerprint density at radius 3 is 1.68 bits per heavy atom. The van der Waals surface area contributed by atoms with Crippen LogP contribution in [0.2, 0.25) is 0 Å². The predicted molar refractivity (Wildman–Crippen MR) is 237 cm³/mol. The van der Waals surface area contributed by atoms with Gasteiger partial charge in [0.15, 0.2) is 0 Å². The van der Waals surface area contributed by atoms with E-state index >= 15 is 0 Å². The lowest BCUT2D eigenvalue weighted by molar-refractivity contribution is -0.137. The number of ether oxygens (including phenoxy) is 2. The maximum Gasteiger partial charge on any atom is 0.405 e. The number of carbonyl (C=O) groups excluding carboxylic acids is 2. The highest BCUT2D eigenvalue weighted by Crippen LogP contribution is 2.37. The average molecular weight is 887 g/mol. The van der Waals surface area contributed by atoms with E-state index in [0.717, 1.165) is 40.4 Å². The van der Waals surface area contributed by atoms with E-state index in [1.807, 2.05) is 30.3 Å². The van der Waals surface area contributed by atoms with Crippen molar-refractivity contribution in [2.45, 2.75) is 75.5 Å². The topological polar surface area (TPSA) is 245 Å². The number of aromatic amines is 2. The van der Waals surface area contributed by atoms with E-state index in [1.165, 1.54) is 0 Å². The first-order valence-corrected chi connectivity index (χ1v) is 22.4. The van der Waals surface area contributed by atoms with E-state index in [9.17, 15) is 34.2 Å². The number of H-pyrrole nitrogens is 2. The lowest BCUT2D eigenvalue weighted by Gasteiger charge is -2.33. The second-order valence-electron chi connectivity index (χ2n) is 17.5. The number of aromatic nitrogens is 4. The number of carbonyl (C=O) groups is 4. The van der Waals surface area contributed by atoms with E-state index in [-0.39, 0.29) is 41.2 Å². The normalized spacial score (nSPS) is 20.7. The molecule has 4 aliphatic rings. The number of nitrogens with one attached hydrogen (secondary N) is 4. The van der Waals surface area contributed by atoms with Crippen molar-refractivity contribution in [3.05, 3.63) is 82.8 Å². The van der Waals surface area contributed by atoms with E-state index in [1.54, 1.807) is 40.4 Å². The van der Waals surface area contributed by atoms with Gasteiger partial charge < -0.3 is 54.5 Å². The summed E-state index contributed by atoms with van der Waals surface area (Å²) in [6.07, 6.45) is 6.27. The summed E-state index contributed by atoms with van der Waals surface area (Å²) in [5.74, 6) is 0.429. The molecule has 0 aliphatic carbocycles. The standard InChI is InChI=1S/C47H50N8O10/c56-41-31-9-6-29(33-24-49-43(51-33)35-4-2-16-55(35)45(58)40(53-47(61)62)26-13-19-64-20-14-26)22-37(31)65-36-10-7-27-21-28(5-8-30(27)38(36)41)32-23-48-42(50-32)34-3-1-15-54(34)44(57)39(52-46(59)60)25-11-17-63-18-12-25/h5-10,21-26,34-35,39-40,52-53H,1-4,11-20H2,(H,48,50)(H,49,51)(H,59,60)(H,61,62)/t34-,35-,39?,40?/m0/s1. The van der Waals surface area contributed by atoms with Gasteiger partial charge in [-0.15, -0.1) is 0 Å². The molecule has 6 N–H and O–H groups in total. The summed E-state index contributed by atoms with van der Waals surface area (Å²) in [5.41, 5.74) is 3.69. The van der Waals surface area contributed by atoms with Gasteiger partial charge >= 0.3 is 12.2 Å². The van der Waals surface area contributed by atoms with Crippen molar-refractivity contribution in [2.75, 3.05) is 39.5 Å². The van der Waals surface area contributed by atoms with Crippen molar-refractivity contribution in [1.29, 1.82) is 0 Å². The molecule has 4 fully saturated rings. The summed E-state index contributed by atoms with van der Waals surface area (Å²) in [6.45, 7) is 2.94. The summed E-state index contributed by atoms with van der Waals surface area (Å²) >= 11 is 0. The highest BCUT2D eigenvalue weighted by atomic mass is 16.5. The van der Waals surface area contributed by atoms with Gasteiger partial charge in [0.1, 0.15) is 34.9 Å². The van der Waals surface area contributed by atoms with Gasteiger partial charge in [0.05, 0.1) is 46.6 Å². The monoisotopic (exact) mass is 886 g/mol. The number of imidazole rings is 2. The second-order valence-corrected chi connectivity index (χ2v) is 17.5. The number of benzene rings is 3. The fourth-order valence-corrected chi connectivity index (χ4v) is 10.4. The van der Waals surface area contributed by atoms with Crippen LogP contribution in [0, 0.1) is 11.8 Å². The molecule has 4 saturated heterocycles. The van der Waals surface area contributed by atoms with Crippen LogP contribution in [-0.4, -0.2) is 116 Å². The number of fused-ring (bicyclic) bond motifs is 4.